The van der Waals surface area contributed by atoms with Crippen LogP contribution >= 0.6 is 0 Å². The molecule has 178 valence electrons. The SMILES string of the molecule is CNC(=O)c1nnc(NC(=O)C2CC2)cc1Nc1nc2ccc(N3CC(CC(F)F)C3)cn2n1. The molecule has 3 aromatic rings. The lowest BCUT2D eigenvalue weighted by Gasteiger charge is -2.40. The minimum absolute atomic E-state index is 0.0109. The molecule has 1 aliphatic carbocycles. The minimum Gasteiger partial charge on any atom is -0.370 e. The average Bonchev–Trinajstić information content (AvgIpc) is 3.56. The van der Waals surface area contributed by atoms with Gasteiger partial charge in [-0.1, -0.05) is 0 Å². The topological polar surface area (TPSA) is 129 Å². The average molecular weight is 471 g/mol. The van der Waals surface area contributed by atoms with Crippen LogP contribution in [0.25, 0.3) is 5.65 Å². The highest BCUT2D eigenvalue weighted by atomic mass is 19.3. The van der Waals surface area contributed by atoms with E-state index in [1.165, 1.54) is 13.1 Å². The molecule has 0 unspecified atom stereocenters. The molecule has 0 aromatic carbocycles. The number of fused-ring (bicyclic) bond motifs is 1. The number of carbonyl (C=O) groups excluding carboxylic acids is 2. The molecule has 1 aliphatic heterocycles. The van der Waals surface area contributed by atoms with Gasteiger partial charge in [0.1, 0.15) is 0 Å². The van der Waals surface area contributed by atoms with E-state index in [1.54, 1.807) is 16.8 Å². The largest absolute Gasteiger partial charge is 0.370 e. The van der Waals surface area contributed by atoms with Gasteiger partial charge in [-0.05, 0) is 30.9 Å². The number of hydrogen-bond donors (Lipinski definition) is 3. The quantitative estimate of drug-likeness (QED) is 0.455. The molecule has 2 fully saturated rings. The molecule has 0 radical (unpaired) electrons. The molecular weight excluding hydrogens is 448 g/mol. The van der Waals surface area contributed by atoms with E-state index >= 15 is 0 Å². The maximum absolute atomic E-state index is 12.5. The number of anilines is 4. The molecule has 4 heterocycles. The van der Waals surface area contributed by atoms with Crippen molar-refractivity contribution in [3.8, 4) is 0 Å². The summed E-state index contributed by atoms with van der Waals surface area (Å²) in [5.41, 5.74) is 1.73. The Labute approximate surface area is 192 Å². The minimum atomic E-state index is -2.29. The highest BCUT2D eigenvalue weighted by Crippen LogP contribution is 2.31. The van der Waals surface area contributed by atoms with Crippen molar-refractivity contribution in [1.29, 1.82) is 0 Å². The van der Waals surface area contributed by atoms with Crippen LogP contribution in [-0.4, -0.2) is 63.2 Å². The van der Waals surface area contributed by atoms with E-state index in [2.05, 4.69) is 36.2 Å². The fourth-order valence-corrected chi connectivity index (χ4v) is 3.82. The van der Waals surface area contributed by atoms with Gasteiger partial charge in [-0.25, -0.2) is 13.3 Å². The molecule has 13 heteroatoms. The zero-order valence-corrected chi connectivity index (χ0v) is 18.3. The lowest BCUT2D eigenvalue weighted by Crippen LogP contribution is -2.47. The summed E-state index contributed by atoms with van der Waals surface area (Å²) in [7, 11) is 1.48. The van der Waals surface area contributed by atoms with Gasteiger partial charge in [0, 0.05) is 38.5 Å². The van der Waals surface area contributed by atoms with Crippen LogP contribution in [0.2, 0.25) is 0 Å². The molecular formula is C21H23F2N9O2. The van der Waals surface area contributed by atoms with Crippen molar-refractivity contribution in [3.05, 3.63) is 30.1 Å². The van der Waals surface area contributed by atoms with Crippen molar-refractivity contribution in [2.24, 2.45) is 11.8 Å². The van der Waals surface area contributed by atoms with Gasteiger partial charge in [0.25, 0.3) is 5.91 Å². The zero-order chi connectivity index (χ0) is 23.8. The molecule has 5 rings (SSSR count). The number of alkyl halides is 2. The van der Waals surface area contributed by atoms with E-state index in [9.17, 15) is 18.4 Å². The van der Waals surface area contributed by atoms with Crippen LogP contribution in [0, 0.1) is 11.8 Å². The number of aromatic nitrogens is 5. The van der Waals surface area contributed by atoms with Crippen LogP contribution in [0.3, 0.4) is 0 Å². The summed E-state index contributed by atoms with van der Waals surface area (Å²) in [5.74, 6) is -0.183. The van der Waals surface area contributed by atoms with Crippen LogP contribution in [0.4, 0.5) is 31.9 Å². The summed E-state index contributed by atoms with van der Waals surface area (Å²) in [6, 6.07) is 5.15. The Balaban J connectivity index is 1.35. The van der Waals surface area contributed by atoms with E-state index in [4.69, 9.17) is 0 Å². The van der Waals surface area contributed by atoms with E-state index < -0.39 is 12.3 Å². The summed E-state index contributed by atoms with van der Waals surface area (Å²) < 4.78 is 26.7. The second-order valence-corrected chi connectivity index (χ2v) is 8.48. The van der Waals surface area contributed by atoms with Crippen LogP contribution in [0.15, 0.2) is 24.4 Å². The predicted molar refractivity (Wildman–Crippen MR) is 119 cm³/mol. The first-order valence-electron chi connectivity index (χ1n) is 11.0. The smallest absolute Gasteiger partial charge is 0.273 e. The second-order valence-electron chi connectivity index (χ2n) is 8.48. The molecule has 1 saturated heterocycles. The molecule has 0 atom stereocenters. The van der Waals surface area contributed by atoms with Crippen LogP contribution in [-0.2, 0) is 4.79 Å². The number of nitrogens with one attached hydrogen (secondary N) is 3. The van der Waals surface area contributed by atoms with Crippen molar-refractivity contribution in [2.45, 2.75) is 25.7 Å². The Hall–Kier alpha value is -3.90. The molecule has 1 saturated carbocycles. The van der Waals surface area contributed by atoms with Gasteiger partial charge in [-0.2, -0.15) is 4.98 Å². The highest BCUT2D eigenvalue weighted by molar-refractivity contribution is 5.99. The summed E-state index contributed by atoms with van der Waals surface area (Å²) in [4.78, 5) is 30.8. The summed E-state index contributed by atoms with van der Waals surface area (Å²) in [6.45, 7) is 1.15. The fraction of sp³-hybridized carbons (Fsp3) is 0.429. The summed E-state index contributed by atoms with van der Waals surface area (Å²) >= 11 is 0. The first-order chi connectivity index (χ1) is 16.4. The van der Waals surface area contributed by atoms with Gasteiger partial charge in [0.15, 0.2) is 17.2 Å². The van der Waals surface area contributed by atoms with Crippen LogP contribution in [0.5, 0.6) is 0 Å². The monoisotopic (exact) mass is 471 g/mol. The number of amides is 2. The first kappa shape index (κ1) is 21.9. The van der Waals surface area contributed by atoms with Gasteiger partial charge in [-0.15, -0.1) is 15.3 Å². The Bertz CT molecular complexity index is 1240. The van der Waals surface area contributed by atoms with E-state index in [0.29, 0.717) is 18.7 Å². The molecule has 0 spiro atoms. The number of hydrogen-bond acceptors (Lipinski definition) is 8. The first-order valence-corrected chi connectivity index (χ1v) is 11.0. The van der Waals surface area contributed by atoms with Gasteiger partial charge >= 0.3 is 0 Å². The lowest BCUT2D eigenvalue weighted by molar-refractivity contribution is -0.117. The third kappa shape index (κ3) is 4.58. The van der Waals surface area contributed by atoms with Gasteiger partial charge in [-0.3, -0.25) is 9.59 Å². The second kappa shape index (κ2) is 8.80. The lowest BCUT2D eigenvalue weighted by atomic mass is 9.96. The van der Waals surface area contributed by atoms with Gasteiger partial charge in [0.05, 0.1) is 17.6 Å². The summed E-state index contributed by atoms with van der Waals surface area (Å²) in [5, 5.41) is 20.5. The Morgan fingerprint density at radius 2 is 2.00 bits per heavy atom. The highest BCUT2D eigenvalue weighted by Gasteiger charge is 2.31. The van der Waals surface area contributed by atoms with Crippen LogP contribution in [0.1, 0.15) is 29.8 Å². The normalized spacial score (nSPS) is 15.9. The maximum Gasteiger partial charge on any atom is 0.273 e. The summed E-state index contributed by atoms with van der Waals surface area (Å²) in [6.07, 6.45) is 1.09. The molecule has 3 N–H and O–H groups in total. The standard InChI is InChI=1S/C21H23F2N9O2/c1-24-20(34)18-14(7-16(28-29-18)26-19(33)12-2-3-12)25-21-27-17-5-4-13(10-32(17)30-21)31-8-11(9-31)6-15(22)23/h4-5,7,10-12,15H,2-3,6,8-9H2,1H3,(H,24,34)(H2,25,26,28,30,33). The molecule has 3 aromatic heterocycles. The number of halogens is 2. The number of carbonyl (C=O) groups is 2. The van der Waals surface area contributed by atoms with Gasteiger partial charge in [0.2, 0.25) is 18.3 Å². The van der Waals surface area contributed by atoms with E-state index in [-0.39, 0.29) is 47.3 Å². The Kier molecular flexibility index (Phi) is 5.67. The third-order valence-corrected chi connectivity index (χ3v) is 5.83. The molecule has 34 heavy (non-hydrogen) atoms. The van der Waals surface area contributed by atoms with Crippen molar-refractivity contribution < 1.29 is 18.4 Å². The predicted octanol–water partition coefficient (Wildman–Crippen LogP) is 2.06. The van der Waals surface area contributed by atoms with E-state index in [1.807, 2.05) is 11.0 Å². The number of pyridine rings is 1. The molecule has 0 bridgehead atoms. The number of rotatable bonds is 8. The fourth-order valence-electron chi connectivity index (χ4n) is 3.82. The third-order valence-electron chi connectivity index (χ3n) is 5.83. The van der Waals surface area contributed by atoms with E-state index in [0.717, 1.165) is 18.5 Å². The Morgan fingerprint density at radius 3 is 2.71 bits per heavy atom. The van der Waals surface area contributed by atoms with Crippen molar-refractivity contribution in [3.63, 3.8) is 0 Å². The molecule has 2 aliphatic rings. The Morgan fingerprint density at radius 1 is 1.21 bits per heavy atom. The number of nitrogens with zero attached hydrogens (tertiary/aromatic N) is 6. The van der Waals surface area contributed by atoms with Crippen molar-refractivity contribution in [1.82, 2.24) is 30.1 Å². The maximum atomic E-state index is 12.5. The van der Waals surface area contributed by atoms with Crippen molar-refractivity contribution >= 4 is 40.6 Å². The molecule has 11 nitrogen and oxygen atoms in total. The molecule has 2 amide bonds. The van der Waals surface area contributed by atoms with Crippen LogP contribution < -0.4 is 20.9 Å². The zero-order valence-electron chi connectivity index (χ0n) is 18.3. The van der Waals surface area contributed by atoms with Gasteiger partial charge < -0.3 is 20.9 Å². The van der Waals surface area contributed by atoms with Crippen molar-refractivity contribution in [2.75, 3.05) is 35.7 Å².